The van der Waals surface area contributed by atoms with Crippen LogP contribution in [-0.2, 0) is 23.2 Å². The number of halogens is 1. The predicted octanol–water partition coefficient (Wildman–Crippen LogP) is 7.96. The van der Waals surface area contributed by atoms with Crippen LogP contribution in [0.1, 0.15) is 68.2 Å². The predicted molar refractivity (Wildman–Crippen MR) is 151 cm³/mol. The van der Waals surface area contributed by atoms with E-state index in [1.165, 1.54) is 17.2 Å². The quantitative estimate of drug-likeness (QED) is 0.339. The fraction of sp³-hybridized carbons (Fsp3) is 0.382. The van der Waals surface area contributed by atoms with Crippen LogP contribution in [0.2, 0.25) is 0 Å². The van der Waals surface area contributed by atoms with E-state index in [-0.39, 0.29) is 22.6 Å². The summed E-state index contributed by atoms with van der Waals surface area (Å²) < 4.78 is 26.8. The summed E-state index contributed by atoms with van der Waals surface area (Å²) in [7, 11) is 1.59. The largest absolute Gasteiger partial charge is 0.497 e. The number of allylic oxidation sites excluding steroid dienone is 2. The summed E-state index contributed by atoms with van der Waals surface area (Å²) in [5.74, 6) is 0.117. The highest BCUT2D eigenvalue weighted by Gasteiger charge is 2.60. The van der Waals surface area contributed by atoms with Gasteiger partial charge in [-0.15, -0.1) is 0 Å². The monoisotopic (exact) mass is 526 g/mol. The van der Waals surface area contributed by atoms with E-state index in [0.29, 0.717) is 17.9 Å². The van der Waals surface area contributed by atoms with Gasteiger partial charge in [0, 0.05) is 11.0 Å². The maximum atomic E-state index is 15.1. The van der Waals surface area contributed by atoms with Crippen LogP contribution in [0.4, 0.5) is 4.39 Å². The van der Waals surface area contributed by atoms with Crippen molar-refractivity contribution in [1.29, 1.82) is 0 Å². The minimum absolute atomic E-state index is 0.0126. The van der Waals surface area contributed by atoms with Gasteiger partial charge in [-0.25, -0.2) is 4.39 Å². The first kappa shape index (κ1) is 25.7. The number of carboxylic acid groups (broad SMARTS) is 1. The Morgan fingerprint density at radius 3 is 2.54 bits per heavy atom. The third-order valence-corrected chi connectivity index (χ3v) is 9.15. The zero-order chi connectivity index (χ0) is 27.4. The first-order chi connectivity index (χ1) is 18.7. The average Bonchev–Trinajstić information content (AvgIpc) is 3.54. The van der Waals surface area contributed by atoms with Gasteiger partial charge in [-0.2, -0.15) is 0 Å². The average molecular weight is 527 g/mol. The first-order valence-corrected chi connectivity index (χ1v) is 13.9. The van der Waals surface area contributed by atoms with Gasteiger partial charge >= 0.3 is 5.97 Å². The molecule has 1 saturated carbocycles. The molecular formula is C34H35FO4. The van der Waals surface area contributed by atoms with E-state index in [1.807, 2.05) is 18.2 Å². The molecule has 0 radical (unpaired) electrons. The Balaban J connectivity index is 1.32. The van der Waals surface area contributed by atoms with E-state index in [1.54, 1.807) is 19.2 Å². The molecule has 3 aliphatic rings. The Labute approximate surface area is 229 Å². The molecule has 1 fully saturated rings. The van der Waals surface area contributed by atoms with Crippen molar-refractivity contribution in [2.45, 2.75) is 64.4 Å². The molecule has 4 nitrogen and oxygen atoms in total. The van der Waals surface area contributed by atoms with Gasteiger partial charge in [-0.1, -0.05) is 38.1 Å². The summed E-state index contributed by atoms with van der Waals surface area (Å²) >= 11 is 0. The topological polar surface area (TPSA) is 55.8 Å². The zero-order valence-corrected chi connectivity index (χ0v) is 22.9. The van der Waals surface area contributed by atoms with Gasteiger partial charge in [0.15, 0.2) is 0 Å². The number of benzene rings is 3. The molecule has 0 aromatic heterocycles. The molecular weight excluding hydrogens is 491 g/mol. The number of ether oxygens (including phenoxy) is 2. The van der Waals surface area contributed by atoms with Crippen LogP contribution < -0.4 is 9.47 Å². The minimum Gasteiger partial charge on any atom is -0.497 e. The highest BCUT2D eigenvalue weighted by atomic mass is 19.1. The van der Waals surface area contributed by atoms with Gasteiger partial charge in [-0.05, 0) is 114 Å². The van der Waals surface area contributed by atoms with Crippen LogP contribution in [0.3, 0.4) is 0 Å². The van der Waals surface area contributed by atoms with Crippen molar-refractivity contribution >= 4 is 11.5 Å². The van der Waals surface area contributed by atoms with E-state index in [4.69, 9.17) is 9.47 Å². The van der Waals surface area contributed by atoms with Crippen molar-refractivity contribution < 1.29 is 23.8 Å². The second kappa shape index (κ2) is 9.55. The summed E-state index contributed by atoms with van der Waals surface area (Å²) in [6.07, 6.45) is 7.99. The number of aliphatic carboxylic acids is 1. The molecule has 2 atom stereocenters. The molecule has 0 amide bonds. The van der Waals surface area contributed by atoms with Crippen molar-refractivity contribution in [2.24, 2.45) is 11.3 Å². The third kappa shape index (κ3) is 4.52. The first-order valence-electron chi connectivity index (χ1n) is 13.9. The van der Waals surface area contributed by atoms with Crippen LogP contribution in [0.15, 0.2) is 60.7 Å². The molecule has 6 rings (SSSR count). The summed E-state index contributed by atoms with van der Waals surface area (Å²) in [6.45, 7) is 4.85. The number of hydrogen-bond acceptors (Lipinski definition) is 3. The summed E-state index contributed by atoms with van der Waals surface area (Å²) in [5, 5.41) is 9.66. The maximum absolute atomic E-state index is 15.1. The van der Waals surface area contributed by atoms with Crippen molar-refractivity contribution in [3.8, 4) is 22.6 Å². The highest BCUT2D eigenvalue weighted by Crippen LogP contribution is 2.60. The number of methoxy groups -OCH3 is 1. The third-order valence-electron chi connectivity index (χ3n) is 9.15. The van der Waals surface area contributed by atoms with Crippen molar-refractivity contribution in [1.82, 2.24) is 0 Å². The van der Waals surface area contributed by atoms with Crippen LogP contribution >= 0.6 is 0 Å². The smallest absolute Gasteiger partial charge is 0.307 e. The van der Waals surface area contributed by atoms with E-state index >= 15 is 4.39 Å². The maximum Gasteiger partial charge on any atom is 0.307 e. The van der Waals surface area contributed by atoms with Gasteiger partial charge in [0.25, 0.3) is 0 Å². The molecule has 3 aromatic rings. The molecule has 0 aliphatic heterocycles. The summed E-state index contributed by atoms with van der Waals surface area (Å²) in [5.41, 5.74) is 6.79. The number of rotatable bonds is 7. The molecule has 0 bridgehead atoms. The number of hydrogen-bond donors (Lipinski definition) is 1. The summed E-state index contributed by atoms with van der Waals surface area (Å²) in [6, 6.07) is 17.2. The van der Waals surface area contributed by atoms with Gasteiger partial charge in [-0.3, -0.25) is 4.79 Å². The number of fused-ring (bicyclic) bond motifs is 2. The van der Waals surface area contributed by atoms with Crippen molar-refractivity contribution in [2.75, 3.05) is 7.11 Å². The number of aryl methyl sites for hydroxylation is 1. The lowest BCUT2D eigenvalue weighted by Crippen LogP contribution is -2.21. The Kier molecular flexibility index (Phi) is 6.28. The molecule has 3 aromatic carbocycles. The van der Waals surface area contributed by atoms with Crippen molar-refractivity contribution in [3.05, 3.63) is 88.7 Å². The van der Waals surface area contributed by atoms with Gasteiger partial charge < -0.3 is 14.6 Å². The molecule has 3 aliphatic carbocycles. The molecule has 0 unspecified atom stereocenters. The Morgan fingerprint density at radius 1 is 1.00 bits per heavy atom. The second-order valence-corrected chi connectivity index (χ2v) is 12.0. The molecule has 0 heterocycles. The lowest BCUT2D eigenvalue weighted by Gasteiger charge is -2.27. The molecule has 1 spiro atoms. The molecule has 202 valence electrons. The standard InChI is InChI=1S/C34H35FO4/c1-33(2)14-5-7-28(33)26-16-21(8-12-25(26)27-17-23(38-3)11-13-31(27)35)20-39-24-10-9-22-6-4-15-34(29(22)18-24)19-30(34)32(36)37/h7-13,16-18,30H,4-6,14-15,19-20H2,1-3H3,(H,36,37)/t30-,34+/m0/s1. The molecule has 5 heteroatoms. The van der Waals surface area contributed by atoms with E-state index in [2.05, 4.69) is 38.1 Å². The van der Waals surface area contributed by atoms with Gasteiger partial charge in [0.2, 0.25) is 0 Å². The van der Waals surface area contributed by atoms with Crippen molar-refractivity contribution in [3.63, 3.8) is 0 Å². The molecule has 0 saturated heterocycles. The minimum atomic E-state index is -0.696. The number of carbonyl (C=O) groups is 1. The molecule has 1 N–H and O–H groups in total. The lowest BCUT2D eigenvalue weighted by atomic mass is 9.78. The van der Waals surface area contributed by atoms with Crippen LogP contribution in [0.25, 0.3) is 16.7 Å². The van der Waals surface area contributed by atoms with E-state index in [9.17, 15) is 9.90 Å². The Hall–Kier alpha value is -3.60. The SMILES string of the molecule is COc1ccc(F)c(-c2ccc(COc3ccc4c(c3)[C@@]3(CCC4)C[C@H]3C(=O)O)cc2C2=CCCC2(C)C)c1. The number of carboxylic acids is 1. The summed E-state index contributed by atoms with van der Waals surface area (Å²) in [4.78, 5) is 11.7. The van der Waals surface area contributed by atoms with Gasteiger partial charge in [0.1, 0.15) is 23.9 Å². The Morgan fingerprint density at radius 2 is 1.82 bits per heavy atom. The second-order valence-electron chi connectivity index (χ2n) is 12.0. The normalized spacial score (nSPS) is 22.8. The molecule has 39 heavy (non-hydrogen) atoms. The van der Waals surface area contributed by atoms with Crippen LogP contribution in [-0.4, -0.2) is 18.2 Å². The van der Waals surface area contributed by atoms with E-state index < -0.39 is 5.97 Å². The van der Waals surface area contributed by atoms with Crippen LogP contribution in [0.5, 0.6) is 11.5 Å². The zero-order valence-electron chi connectivity index (χ0n) is 22.9. The fourth-order valence-corrected chi connectivity index (χ4v) is 6.86. The highest BCUT2D eigenvalue weighted by molar-refractivity contribution is 5.85. The fourth-order valence-electron chi connectivity index (χ4n) is 6.86. The Bertz CT molecular complexity index is 1490. The lowest BCUT2D eigenvalue weighted by molar-refractivity contribution is -0.139. The van der Waals surface area contributed by atoms with E-state index in [0.717, 1.165) is 66.5 Å². The van der Waals surface area contributed by atoms with Crippen LogP contribution in [0, 0.1) is 17.2 Å². The van der Waals surface area contributed by atoms with Gasteiger partial charge in [0.05, 0.1) is 13.0 Å².